The molecule has 2 aromatic carbocycles. The van der Waals surface area contributed by atoms with Crippen LogP contribution in [0.25, 0.3) is 28.8 Å². The topological polar surface area (TPSA) is 103 Å². The van der Waals surface area contributed by atoms with Crippen LogP contribution in [-0.4, -0.2) is 40.9 Å². The van der Waals surface area contributed by atoms with Gasteiger partial charge in [-0.05, 0) is 46.1 Å². The molecule has 0 unspecified atom stereocenters. The Bertz CT molecular complexity index is 1510. The molecule has 0 bridgehead atoms. The van der Waals surface area contributed by atoms with Gasteiger partial charge in [0.15, 0.2) is 5.82 Å². The van der Waals surface area contributed by atoms with Crippen molar-refractivity contribution in [2.24, 2.45) is 0 Å². The van der Waals surface area contributed by atoms with Gasteiger partial charge in [0.1, 0.15) is 18.4 Å². The summed E-state index contributed by atoms with van der Waals surface area (Å²) >= 11 is 1.37. The van der Waals surface area contributed by atoms with Crippen molar-refractivity contribution in [3.63, 3.8) is 0 Å². The van der Waals surface area contributed by atoms with Crippen molar-refractivity contribution in [3.05, 3.63) is 89.1 Å². The second-order valence-electron chi connectivity index (χ2n) is 7.35. The third-order valence-corrected chi connectivity index (χ3v) is 5.84. The third kappa shape index (κ3) is 4.77. The van der Waals surface area contributed by atoms with Crippen LogP contribution in [0.1, 0.15) is 10.4 Å². The van der Waals surface area contributed by atoms with Crippen LogP contribution in [0.2, 0.25) is 0 Å². The number of nitrogens with one attached hydrogen (secondary N) is 1. The van der Waals surface area contributed by atoms with E-state index in [1.165, 1.54) is 39.4 Å². The molecule has 3 heterocycles. The van der Waals surface area contributed by atoms with E-state index in [9.17, 15) is 18.0 Å². The summed E-state index contributed by atoms with van der Waals surface area (Å²) in [4.78, 5) is 18.1. The van der Waals surface area contributed by atoms with Crippen LogP contribution in [0.3, 0.4) is 0 Å². The zero-order chi connectivity index (χ0) is 25.1. The van der Waals surface area contributed by atoms with E-state index in [0.29, 0.717) is 5.56 Å². The van der Waals surface area contributed by atoms with Gasteiger partial charge in [0.25, 0.3) is 5.91 Å². The average Bonchev–Trinajstić information content (AvgIpc) is 3.65. The first-order valence-electron chi connectivity index (χ1n) is 10.4. The number of aromatic nitrogens is 7. The van der Waals surface area contributed by atoms with Gasteiger partial charge in [-0.2, -0.15) is 23.0 Å². The molecule has 0 radical (unpaired) electrons. The standard InChI is InChI=1S/C23H15F3N8OS/c24-23(25,26)16-8-9-19(33-14-27-13-28-33)18(11-16)29-22(35)20(12-17-7-4-10-36-17)34-21(30-31-32-34)15-5-2-1-3-6-15/h1-14H,(H,29,35)/b20-12-. The summed E-state index contributed by atoms with van der Waals surface area (Å²) < 4.78 is 42.9. The zero-order valence-electron chi connectivity index (χ0n) is 18.2. The Morgan fingerprint density at radius 3 is 2.58 bits per heavy atom. The van der Waals surface area contributed by atoms with Gasteiger partial charge in [-0.3, -0.25) is 4.79 Å². The van der Waals surface area contributed by atoms with Gasteiger partial charge in [0, 0.05) is 10.4 Å². The molecule has 1 amide bonds. The molecule has 5 rings (SSSR count). The fourth-order valence-electron chi connectivity index (χ4n) is 3.38. The molecule has 0 aliphatic rings. The maximum Gasteiger partial charge on any atom is 0.416 e. The summed E-state index contributed by atoms with van der Waals surface area (Å²) in [6, 6.07) is 15.5. The summed E-state index contributed by atoms with van der Waals surface area (Å²) in [6.45, 7) is 0. The van der Waals surface area contributed by atoms with Gasteiger partial charge < -0.3 is 5.32 Å². The first-order chi connectivity index (χ1) is 17.4. The van der Waals surface area contributed by atoms with Gasteiger partial charge in [-0.1, -0.05) is 36.4 Å². The Hall–Kier alpha value is -4.65. The minimum Gasteiger partial charge on any atom is -0.319 e. The van der Waals surface area contributed by atoms with Crippen LogP contribution < -0.4 is 5.32 Å². The number of amides is 1. The first-order valence-corrected chi connectivity index (χ1v) is 11.2. The van der Waals surface area contributed by atoms with Gasteiger partial charge >= 0.3 is 6.18 Å². The van der Waals surface area contributed by atoms with Crippen molar-refractivity contribution in [1.29, 1.82) is 0 Å². The summed E-state index contributed by atoms with van der Waals surface area (Å²) in [5.74, 6) is -0.442. The van der Waals surface area contributed by atoms with Gasteiger partial charge in [-0.15, -0.1) is 16.4 Å². The summed E-state index contributed by atoms with van der Waals surface area (Å²) in [5, 5.41) is 20.1. The Morgan fingerprint density at radius 2 is 1.89 bits per heavy atom. The van der Waals surface area contributed by atoms with E-state index in [2.05, 4.69) is 30.9 Å². The molecule has 13 heteroatoms. The lowest BCUT2D eigenvalue weighted by Crippen LogP contribution is -2.21. The quantitative estimate of drug-likeness (QED) is 0.335. The number of anilines is 1. The van der Waals surface area contributed by atoms with Crippen molar-refractivity contribution in [2.45, 2.75) is 6.18 Å². The maximum absolute atomic E-state index is 13.6. The molecular formula is C23H15F3N8OS. The van der Waals surface area contributed by atoms with E-state index in [-0.39, 0.29) is 22.9 Å². The number of halogens is 3. The minimum absolute atomic E-state index is 0.00301. The molecule has 3 aromatic heterocycles. The smallest absolute Gasteiger partial charge is 0.319 e. The molecular weight excluding hydrogens is 493 g/mol. The van der Waals surface area contributed by atoms with Crippen molar-refractivity contribution in [2.75, 3.05) is 5.32 Å². The van der Waals surface area contributed by atoms with E-state index in [0.717, 1.165) is 17.0 Å². The van der Waals surface area contributed by atoms with E-state index in [1.807, 2.05) is 11.4 Å². The maximum atomic E-state index is 13.6. The predicted octanol–water partition coefficient (Wildman–Crippen LogP) is 4.64. The van der Waals surface area contributed by atoms with Crippen LogP contribution in [0.4, 0.5) is 18.9 Å². The van der Waals surface area contributed by atoms with Crippen molar-refractivity contribution in [1.82, 2.24) is 35.0 Å². The molecule has 0 atom stereocenters. The number of rotatable bonds is 6. The highest BCUT2D eigenvalue weighted by Gasteiger charge is 2.32. The lowest BCUT2D eigenvalue weighted by atomic mass is 10.1. The number of carbonyl (C=O) groups is 1. The monoisotopic (exact) mass is 508 g/mol. The lowest BCUT2D eigenvalue weighted by Gasteiger charge is -2.16. The zero-order valence-corrected chi connectivity index (χ0v) is 19.0. The number of hydrogen-bond acceptors (Lipinski definition) is 7. The van der Waals surface area contributed by atoms with Gasteiger partial charge in [0.2, 0.25) is 0 Å². The average molecular weight is 508 g/mol. The number of thiophene rings is 1. The number of carbonyl (C=O) groups excluding carboxylic acids is 1. The van der Waals surface area contributed by atoms with E-state index in [1.54, 1.807) is 42.5 Å². The Morgan fingerprint density at radius 1 is 1.06 bits per heavy atom. The molecule has 0 saturated heterocycles. The Kier molecular flexibility index (Phi) is 6.12. The van der Waals surface area contributed by atoms with Crippen molar-refractivity contribution < 1.29 is 18.0 Å². The SMILES string of the molecule is O=C(Nc1cc(C(F)(F)F)ccc1-n1cncn1)/C(=C/c1cccs1)n1nnnc1-c1ccccc1. The highest BCUT2D eigenvalue weighted by molar-refractivity contribution is 7.10. The second-order valence-corrected chi connectivity index (χ2v) is 8.33. The van der Waals surface area contributed by atoms with Crippen LogP contribution >= 0.6 is 11.3 Å². The number of benzene rings is 2. The van der Waals surface area contributed by atoms with Crippen LogP contribution in [0, 0.1) is 0 Å². The molecule has 0 aliphatic heterocycles. The number of nitrogens with zero attached hydrogens (tertiary/aromatic N) is 7. The fourth-order valence-corrected chi connectivity index (χ4v) is 4.03. The molecule has 5 aromatic rings. The predicted molar refractivity (Wildman–Crippen MR) is 127 cm³/mol. The van der Waals surface area contributed by atoms with E-state index >= 15 is 0 Å². The van der Waals surface area contributed by atoms with Gasteiger partial charge in [0.05, 0.1) is 16.9 Å². The molecule has 180 valence electrons. The largest absolute Gasteiger partial charge is 0.416 e. The van der Waals surface area contributed by atoms with E-state index < -0.39 is 17.6 Å². The molecule has 0 aliphatic carbocycles. The number of tetrazole rings is 1. The van der Waals surface area contributed by atoms with Crippen LogP contribution in [0.5, 0.6) is 0 Å². The summed E-state index contributed by atoms with van der Waals surface area (Å²) in [6.07, 6.45) is -0.508. The molecule has 36 heavy (non-hydrogen) atoms. The molecule has 0 spiro atoms. The third-order valence-electron chi connectivity index (χ3n) is 5.02. The van der Waals surface area contributed by atoms with Crippen LogP contribution in [0.15, 0.2) is 78.7 Å². The molecule has 0 saturated carbocycles. The summed E-state index contributed by atoms with van der Waals surface area (Å²) in [5.41, 5.74) is -0.202. The highest BCUT2D eigenvalue weighted by Crippen LogP contribution is 2.34. The molecule has 9 nitrogen and oxygen atoms in total. The molecule has 1 N–H and O–H groups in total. The lowest BCUT2D eigenvalue weighted by molar-refractivity contribution is -0.137. The Balaban J connectivity index is 1.60. The Labute approximate surface area is 205 Å². The first kappa shape index (κ1) is 23.1. The number of alkyl halides is 3. The van der Waals surface area contributed by atoms with Gasteiger partial charge in [-0.25, -0.2) is 9.67 Å². The van der Waals surface area contributed by atoms with Crippen LogP contribution in [-0.2, 0) is 11.0 Å². The highest BCUT2D eigenvalue weighted by atomic mass is 32.1. The summed E-state index contributed by atoms with van der Waals surface area (Å²) in [7, 11) is 0. The minimum atomic E-state index is -4.62. The molecule has 0 fully saturated rings. The van der Waals surface area contributed by atoms with E-state index in [4.69, 9.17) is 0 Å². The van der Waals surface area contributed by atoms with Crippen molar-refractivity contribution >= 4 is 34.7 Å². The van der Waals surface area contributed by atoms with Crippen molar-refractivity contribution in [3.8, 4) is 17.1 Å². The normalized spacial score (nSPS) is 12.0. The number of hydrogen-bond donors (Lipinski definition) is 1. The second kappa shape index (κ2) is 9.54. The fraction of sp³-hybridized carbons (Fsp3) is 0.0435.